The summed E-state index contributed by atoms with van der Waals surface area (Å²) in [7, 11) is 1.45. The van der Waals surface area contributed by atoms with E-state index in [-0.39, 0.29) is 18.7 Å². The molecule has 0 heterocycles. The quantitative estimate of drug-likeness (QED) is 0.863. The van der Waals surface area contributed by atoms with Gasteiger partial charge in [0, 0.05) is 18.1 Å². The first-order chi connectivity index (χ1) is 8.04. The lowest BCUT2D eigenvalue weighted by molar-refractivity contribution is 0.0609. The van der Waals surface area contributed by atoms with Crippen molar-refractivity contribution in [3.63, 3.8) is 0 Å². The molecule has 0 saturated heterocycles. The second-order valence-corrected chi connectivity index (χ2v) is 4.30. The highest BCUT2D eigenvalue weighted by Crippen LogP contribution is 2.17. The van der Waals surface area contributed by atoms with Crippen LogP contribution in [-0.2, 0) is 4.74 Å². The fourth-order valence-electron chi connectivity index (χ4n) is 1.23. The number of ether oxygens (including phenoxy) is 1. The van der Waals surface area contributed by atoms with Crippen molar-refractivity contribution in [1.82, 2.24) is 5.32 Å². The highest BCUT2D eigenvalue weighted by atomic mass is 79.9. The molecular weight excluding hydrogens is 293 g/mol. The monoisotopic (exact) mass is 305 g/mol. The highest BCUT2D eigenvalue weighted by molar-refractivity contribution is 9.10. The SMILES string of the molecule is COCC(O)CNC(=O)c1cc(F)ccc1Br. The average molecular weight is 306 g/mol. The lowest BCUT2D eigenvalue weighted by Crippen LogP contribution is -2.34. The minimum absolute atomic E-state index is 0.0512. The number of carbonyl (C=O) groups is 1. The molecule has 94 valence electrons. The minimum atomic E-state index is -0.781. The van der Waals surface area contributed by atoms with E-state index in [0.29, 0.717) is 4.47 Å². The van der Waals surface area contributed by atoms with Gasteiger partial charge in [-0.2, -0.15) is 0 Å². The van der Waals surface area contributed by atoms with Gasteiger partial charge in [0.15, 0.2) is 0 Å². The number of hydrogen-bond acceptors (Lipinski definition) is 3. The number of halogens is 2. The van der Waals surface area contributed by atoms with Gasteiger partial charge < -0.3 is 15.2 Å². The number of benzene rings is 1. The number of amides is 1. The number of carbonyl (C=O) groups excluding carboxylic acids is 1. The van der Waals surface area contributed by atoms with Crippen LogP contribution < -0.4 is 5.32 Å². The molecule has 0 aliphatic heterocycles. The largest absolute Gasteiger partial charge is 0.389 e. The predicted molar refractivity (Wildman–Crippen MR) is 64.3 cm³/mol. The van der Waals surface area contributed by atoms with Gasteiger partial charge in [-0.15, -0.1) is 0 Å². The van der Waals surface area contributed by atoms with Crippen LogP contribution in [0, 0.1) is 5.82 Å². The molecule has 0 fully saturated rings. The summed E-state index contributed by atoms with van der Waals surface area (Å²) in [5.74, 6) is -0.942. The molecule has 1 unspecified atom stereocenters. The van der Waals surface area contributed by atoms with E-state index in [9.17, 15) is 14.3 Å². The van der Waals surface area contributed by atoms with Crippen molar-refractivity contribution in [2.45, 2.75) is 6.10 Å². The zero-order valence-electron chi connectivity index (χ0n) is 9.24. The number of methoxy groups -OCH3 is 1. The van der Waals surface area contributed by atoms with Gasteiger partial charge in [0.05, 0.1) is 18.3 Å². The lowest BCUT2D eigenvalue weighted by Gasteiger charge is -2.11. The Morgan fingerprint density at radius 3 is 3.00 bits per heavy atom. The average Bonchev–Trinajstić information content (AvgIpc) is 2.29. The Labute approximate surface area is 107 Å². The molecule has 1 aromatic rings. The highest BCUT2D eigenvalue weighted by Gasteiger charge is 2.12. The van der Waals surface area contributed by atoms with Crippen LogP contribution in [-0.4, -0.2) is 37.4 Å². The van der Waals surface area contributed by atoms with Crippen LogP contribution in [0.1, 0.15) is 10.4 Å². The van der Waals surface area contributed by atoms with Crippen molar-refractivity contribution >= 4 is 21.8 Å². The van der Waals surface area contributed by atoms with Crippen molar-refractivity contribution in [3.05, 3.63) is 34.1 Å². The molecule has 1 rings (SSSR count). The Bertz CT molecular complexity index is 400. The van der Waals surface area contributed by atoms with E-state index in [0.717, 1.165) is 6.07 Å². The molecule has 1 amide bonds. The van der Waals surface area contributed by atoms with Crippen LogP contribution in [0.4, 0.5) is 4.39 Å². The van der Waals surface area contributed by atoms with E-state index >= 15 is 0 Å². The molecule has 2 N–H and O–H groups in total. The number of nitrogens with one attached hydrogen (secondary N) is 1. The van der Waals surface area contributed by atoms with E-state index in [1.165, 1.54) is 19.2 Å². The summed E-state index contributed by atoms with van der Waals surface area (Å²) in [5, 5.41) is 11.8. The van der Waals surface area contributed by atoms with Gasteiger partial charge in [-0.1, -0.05) is 0 Å². The zero-order chi connectivity index (χ0) is 12.8. The maximum Gasteiger partial charge on any atom is 0.252 e. The van der Waals surface area contributed by atoms with E-state index < -0.39 is 17.8 Å². The van der Waals surface area contributed by atoms with Crippen LogP contribution in [0.15, 0.2) is 22.7 Å². The molecule has 0 aliphatic carbocycles. The van der Waals surface area contributed by atoms with Crippen molar-refractivity contribution in [3.8, 4) is 0 Å². The van der Waals surface area contributed by atoms with Gasteiger partial charge in [0.2, 0.25) is 0 Å². The molecular formula is C11H13BrFNO3. The van der Waals surface area contributed by atoms with Gasteiger partial charge in [0.1, 0.15) is 5.82 Å². The van der Waals surface area contributed by atoms with E-state index in [1.54, 1.807) is 0 Å². The normalized spacial score (nSPS) is 12.2. The maximum absolute atomic E-state index is 13.0. The molecule has 0 radical (unpaired) electrons. The van der Waals surface area contributed by atoms with Gasteiger partial charge >= 0.3 is 0 Å². The molecule has 0 spiro atoms. The van der Waals surface area contributed by atoms with Crippen LogP contribution >= 0.6 is 15.9 Å². The Kier molecular flexibility index (Phi) is 5.54. The standard InChI is InChI=1S/C11H13BrFNO3/c1-17-6-8(15)5-14-11(16)9-4-7(13)2-3-10(9)12/h2-4,8,15H,5-6H2,1H3,(H,14,16). The number of hydrogen-bond donors (Lipinski definition) is 2. The van der Waals surface area contributed by atoms with Gasteiger partial charge in [-0.3, -0.25) is 4.79 Å². The lowest BCUT2D eigenvalue weighted by atomic mass is 10.2. The molecule has 1 aromatic carbocycles. The molecule has 6 heteroatoms. The Balaban J connectivity index is 2.61. The summed E-state index contributed by atoms with van der Waals surface area (Å²) in [5.41, 5.74) is 0.189. The third-order valence-electron chi connectivity index (χ3n) is 2.03. The Hall–Kier alpha value is -0.980. The van der Waals surface area contributed by atoms with Crippen molar-refractivity contribution in [2.24, 2.45) is 0 Å². The third kappa shape index (κ3) is 4.41. The summed E-state index contributed by atoms with van der Waals surface area (Å²) < 4.78 is 18.2. The smallest absolute Gasteiger partial charge is 0.252 e. The Morgan fingerprint density at radius 1 is 1.65 bits per heavy atom. The van der Waals surface area contributed by atoms with Crippen LogP contribution in [0.2, 0.25) is 0 Å². The van der Waals surface area contributed by atoms with Crippen molar-refractivity contribution in [2.75, 3.05) is 20.3 Å². The molecule has 0 aliphatic rings. The summed E-state index contributed by atoms with van der Waals surface area (Å²) in [6, 6.07) is 3.83. The number of aliphatic hydroxyl groups is 1. The topological polar surface area (TPSA) is 58.6 Å². The zero-order valence-corrected chi connectivity index (χ0v) is 10.8. The maximum atomic E-state index is 13.0. The predicted octanol–water partition coefficient (Wildman–Crippen LogP) is 1.33. The summed E-state index contributed by atoms with van der Waals surface area (Å²) in [4.78, 5) is 11.7. The molecule has 17 heavy (non-hydrogen) atoms. The summed E-state index contributed by atoms with van der Waals surface area (Å²) in [6.45, 7) is 0.181. The first-order valence-electron chi connectivity index (χ1n) is 4.95. The van der Waals surface area contributed by atoms with Gasteiger partial charge in [0.25, 0.3) is 5.91 Å². The molecule has 0 bridgehead atoms. The Morgan fingerprint density at radius 2 is 2.35 bits per heavy atom. The van der Waals surface area contributed by atoms with Crippen LogP contribution in [0.25, 0.3) is 0 Å². The first kappa shape index (κ1) is 14.1. The van der Waals surface area contributed by atoms with Crippen LogP contribution in [0.5, 0.6) is 0 Å². The minimum Gasteiger partial charge on any atom is -0.389 e. The number of rotatable bonds is 5. The molecule has 0 aromatic heterocycles. The number of aliphatic hydroxyl groups excluding tert-OH is 1. The fraction of sp³-hybridized carbons (Fsp3) is 0.364. The van der Waals surface area contributed by atoms with Crippen LogP contribution in [0.3, 0.4) is 0 Å². The van der Waals surface area contributed by atoms with E-state index in [1.807, 2.05) is 0 Å². The molecule has 4 nitrogen and oxygen atoms in total. The first-order valence-corrected chi connectivity index (χ1v) is 5.74. The van der Waals surface area contributed by atoms with E-state index in [4.69, 9.17) is 4.74 Å². The van der Waals surface area contributed by atoms with Gasteiger partial charge in [-0.05, 0) is 34.1 Å². The summed E-state index contributed by atoms with van der Waals surface area (Å²) in [6.07, 6.45) is -0.781. The fourth-order valence-corrected chi connectivity index (χ4v) is 1.66. The third-order valence-corrected chi connectivity index (χ3v) is 2.72. The van der Waals surface area contributed by atoms with E-state index in [2.05, 4.69) is 21.2 Å². The summed E-state index contributed by atoms with van der Waals surface area (Å²) >= 11 is 3.15. The van der Waals surface area contributed by atoms with Gasteiger partial charge in [-0.25, -0.2) is 4.39 Å². The second kappa shape index (κ2) is 6.68. The van der Waals surface area contributed by atoms with Crippen molar-refractivity contribution < 1.29 is 19.0 Å². The molecule has 0 saturated carbocycles. The van der Waals surface area contributed by atoms with Crippen molar-refractivity contribution in [1.29, 1.82) is 0 Å². The second-order valence-electron chi connectivity index (χ2n) is 3.44. The molecule has 1 atom stereocenters.